The van der Waals surface area contributed by atoms with Gasteiger partial charge >= 0.3 is 5.63 Å². The first-order chi connectivity index (χ1) is 6.68. The summed E-state index contributed by atoms with van der Waals surface area (Å²) in [5.41, 5.74) is 1.05. The topological polar surface area (TPSA) is 30.2 Å². The van der Waals surface area contributed by atoms with E-state index in [0.29, 0.717) is 5.58 Å². The number of hydrogen-bond donors (Lipinski definition) is 0. The smallest absolute Gasteiger partial charge is 0.336 e. The van der Waals surface area contributed by atoms with E-state index in [0.717, 1.165) is 15.8 Å². The summed E-state index contributed by atoms with van der Waals surface area (Å²) in [6.45, 7) is 1.82. The molecule has 2 aromatic rings. The van der Waals surface area contributed by atoms with Gasteiger partial charge in [0.1, 0.15) is 5.58 Å². The van der Waals surface area contributed by atoms with E-state index in [4.69, 9.17) is 16.6 Å². The van der Waals surface area contributed by atoms with E-state index in [2.05, 4.69) is 0 Å². The first-order valence-electron chi connectivity index (χ1n) is 4.22. The SMILES string of the molecule is CC(=S)c1cccc2ccc(=O)oc12. The Morgan fingerprint density at radius 1 is 1.29 bits per heavy atom. The lowest BCUT2D eigenvalue weighted by atomic mass is 10.1. The van der Waals surface area contributed by atoms with Gasteiger partial charge in [-0.15, -0.1) is 0 Å². The van der Waals surface area contributed by atoms with Crippen LogP contribution in [0.5, 0.6) is 0 Å². The van der Waals surface area contributed by atoms with Crippen molar-refractivity contribution in [2.24, 2.45) is 0 Å². The van der Waals surface area contributed by atoms with E-state index >= 15 is 0 Å². The minimum absolute atomic E-state index is 0.346. The quantitative estimate of drug-likeness (QED) is 0.406. The van der Waals surface area contributed by atoms with Crippen molar-refractivity contribution in [1.82, 2.24) is 0 Å². The molecule has 0 spiro atoms. The Labute approximate surface area is 86.2 Å². The molecule has 0 aliphatic carbocycles. The molecule has 0 N–H and O–H groups in total. The van der Waals surface area contributed by atoms with Crippen molar-refractivity contribution >= 4 is 28.1 Å². The van der Waals surface area contributed by atoms with Crippen molar-refractivity contribution in [1.29, 1.82) is 0 Å². The number of benzene rings is 1. The standard InChI is InChI=1S/C11H8O2S/c1-7(14)9-4-2-3-8-5-6-10(12)13-11(8)9/h2-6H,1H3. The molecule has 0 atom stereocenters. The van der Waals surface area contributed by atoms with Crippen LogP contribution in [0.2, 0.25) is 0 Å². The highest BCUT2D eigenvalue weighted by atomic mass is 32.1. The van der Waals surface area contributed by atoms with Crippen LogP contribution >= 0.6 is 12.2 Å². The fraction of sp³-hybridized carbons (Fsp3) is 0.0909. The van der Waals surface area contributed by atoms with Crippen molar-refractivity contribution in [2.45, 2.75) is 6.92 Å². The Morgan fingerprint density at radius 3 is 2.79 bits per heavy atom. The summed E-state index contributed by atoms with van der Waals surface area (Å²) in [4.78, 5) is 11.8. The predicted octanol–water partition coefficient (Wildman–Crippen LogP) is 2.53. The zero-order valence-corrected chi connectivity index (χ0v) is 8.43. The van der Waals surface area contributed by atoms with Gasteiger partial charge in [-0.05, 0) is 13.0 Å². The number of thiocarbonyl (C=S) groups is 1. The maximum absolute atomic E-state index is 11.0. The van der Waals surface area contributed by atoms with Gasteiger partial charge in [0, 0.05) is 21.9 Å². The second kappa shape index (κ2) is 3.35. The molecule has 2 rings (SSSR count). The van der Waals surface area contributed by atoms with Crippen LogP contribution in [0, 0.1) is 0 Å². The second-order valence-corrected chi connectivity index (χ2v) is 3.65. The highest BCUT2D eigenvalue weighted by Crippen LogP contribution is 2.17. The van der Waals surface area contributed by atoms with Crippen LogP contribution in [0.15, 0.2) is 39.5 Å². The fourth-order valence-corrected chi connectivity index (χ4v) is 1.53. The largest absolute Gasteiger partial charge is 0.422 e. The van der Waals surface area contributed by atoms with Gasteiger partial charge in [-0.25, -0.2) is 4.79 Å². The molecule has 1 aromatic heterocycles. The van der Waals surface area contributed by atoms with Gasteiger partial charge in [0.2, 0.25) is 0 Å². The Hall–Kier alpha value is -1.48. The fourth-order valence-electron chi connectivity index (χ4n) is 1.37. The molecular weight excluding hydrogens is 196 g/mol. The van der Waals surface area contributed by atoms with Crippen LogP contribution < -0.4 is 5.63 Å². The maximum atomic E-state index is 11.0. The van der Waals surface area contributed by atoms with Gasteiger partial charge in [-0.2, -0.15) is 0 Å². The van der Waals surface area contributed by atoms with Crippen LogP contribution in [-0.2, 0) is 0 Å². The van der Waals surface area contributed by atoms with Crippen LogP contribution in [0.1, 0.15) is 12.5 Å². The second-order valence-electron chi connectivity index (χ2n) is 3.03. The molecule has 0 aliphatic rings. The first-order valence-corrected chi connectivity index (χ1v) is 4.63. The summed E-state index contributed by atoms with van der Waals surface area (Å²) in [5, 5.41) is 0.895. The maximum Gasteiger partial charge on any atom is 0.336 e. The van der Waals surface area contributed by atoms with E-state index in [-0.39, 0.29) is 5.63 Å². The monoisotopic (exact) mass is 204 g/mol. The molecule has 0 radical (unpaired) electrons. The molecular formula is C11H8O2S. The Bertz CT molecular complexity index is 554. The molecule has 0 bridgehead atoms. The summed E-state index contributed by atoms with van der Waals surface area (Å²) in [6, 6.07) is 8.79. The molecule has 0 amide bonds. The van der Waals surface area contributed by atoms with Crippen LogP contribution in [0.4, 0.5) is 0 Å². The minimum Gasteiger partial charge on any atom is -0.422 e. The molecule has 0 saturated heterocycles. The average molecular weight is 204 g/mol. The number of fused-ring (bicyclic) bond motifs is 1. The number of para-hydroxylation sites is 1. The van der Waals surface area contributed by atoms with Gasteiger partial charge in [0.15, 0.2) is 0 Å². The third-order valence-corrected chi connectivity index (χ3v) is 2.25. The third kappa shape index (κ3) is 1.46. The summed E-state index contributed by atoms with van der Waals surface area (Å²) in [6.07, 6.45) is 0. The van der Waals surface area contributed by atoms with Gasteiger partial charge in [0.05, 0.1) is 0 Å². The summed E-state index contributed by atoms with van der Waals surface area (Å²) < 4.78 is 5.11. The van der Waals surface area contributed by atoms with E-state index in [9.17, 15) is 4.79 Å². The van der Waals surface area contributed by atoms with Gasteiger partial charge in [-0.3, -0.25) is 0 Å². The highest BCUT2D eigenvalue weighted by Gasteiger charge is 2.04. The van der Waals surface area contributed by atoms with Crippen LogP contribution in [-0.4, -0.2) is 4.86 Å². The lowest BCUT2D eigenvalue weighted by Crippen LogP contribution is -1.98. The zero-order chi connectivity index (χ0) is 10.1. The molecule has 3 heteroatoms. The molecule has 1 heterocycles. The van der Waals surface area contributed by atoms with Crippen LogP contribution in [0.25, 0.3) is 11.0 Å². The van der Waals surface area contributed by atoms with E-state index < -0.39 is 0 Å². The third-order valence-electron chi connectivity index (χ3n) is 2.03. The van der Waals surface area contributed by atoms with Gasteiger partial charge in [-0.1, -0.05) is 30.4 Å². The summed E-state index contributed by atoms with van der Waals surface area (Å²) in [7, 11) is 0. The van der Waals surface area contributed by atoms with E-state index in [1.165, 1.54) is 6.07 Å². The first kappa shape index (κ1) is 9.09. The summed E-state index contributed by atoms with van der Waals surface area (Å²) >= 11 is 5.07. The number of rotatable bonds is 1. The molecule has 14 heavy (non-hydrogen) atoms. The lowest BCUT2D eigenvalue weighted by Gasteiger charge is -2.01. The Morgan fingerprint density at radius 2 is 2.07 bits per heavy atom. The molecule has 2 nitrogen and oxygen atoms in total. The van der Waals surface area contributed by atoms with Crippen molar-refractivity contribution in [3.05, 3.63) is 46.3 Å². The Balaban J connectivity index is 2.91. The highest BCUT2D eigenvalue weighted by molar-refractivity contribution is 7.80. The van der Waals surface area contributed by atoms with Crippen molar-refractivity contribution in [3.63, 3.8) is 0 Å². The van der Waals surface area contributed by atoms with Crippen LogP contribution in [0.3, 0.4) is 0 Å². The average Bonchev–Trinajstić information content (AvgIpc) is 2.16. The van der Waals surface area contributed by atoms with Crippen molar-refractivity contribution < 1.29 is 4.42 Å². The van der Waals surface area contributed by atoms with Gasteiger partial charge in [0.25, 0.3) is 0 Å². The lowest BCUT2D eigenvalue weighted by molar-refractivity contribution is 0.560. The zero-order valence-electron chi connectivity index (χ0n) is 7.61. The van der Waals surface area contributed by atoms with E-state index in [1.54, 1.807) is 6.07 Å². The van der Waals surface area contributed by atoms with Gasteiger partial charge < -0.3 is 4.42 Å². The van der Waals surface area contributed by atoms with Crippen molar-refractivity contribution in [2.75, 3.05) is 0 Å². The van der Waals surface area contributed by atoms with Crippen molar-refractivity contribution in [3.8, 4) is 0 Å². The molecule has 0 saturated carbocycles. The van der Waals surface area contributed by atoms with E-state index in [1.807, 2.05) is 25.1 Å². The normalized spacial score (nSPS) is 10.4. The molecule has 0 unspecified atom stereocenters. The summed E-state index contributed by atoms with van der Waals surface area (Å²) in [5.74, 6) is 0. The Kier molecular flexibility index (Phi) is 2.17. The predicted molar refractivity (Wildman–Crippen MR) is 59.9 cm³/mol. The molecule has 0 aliphatic heterocycles. The number of hydrogen-bond acceptors (Lipinski definition) is 3. The molecule has 1 aromatic carbocycles. The molecule has 0 fully saturated rings. The minimum atomic E-state index is -0.346. The molecule has 70 valence electrons.